The molecule has 1 amide bonds. The van der Waals surface area contributed by atoms with Crippen LogP contribution in [0.2, 0.25) is 0 Å². The first kappa shape index (κ1) is 24.6. The highest BCUT2D eigenvalue weighted by molar-refractivity contribution is 6.23. The second-order valence-electron chi connectivity index (χ2n) is 8.53. The number of rotatable bonds is 7. The predicted octanol–water partition coefficient (Wildman–Crippen LogP) is 3.44. The van der Waals surface area contributed by atoms with Crippen molar-refractivity contribution in [2.75, 3.05) is 7.11 Å². The quantitative estimate of drug-likeness (QED) is 0.480. The minimum absolute atomic E-state index is 0.114. The van der Waals surface area contributed by atoms with E-state index in [2.05, 4.69) is 0 Å². The third-order valence-corrected chi connectivity index (χ3v) is 5.09. The van der Waals surface area contributed by atoms with Gasteiger partial charge in [-0.25, -0.2) is 14.7 Å². The summed E-state index contributed by atoms with van der Waals surface area (Å²) in [5, 5.41) is 1.16. The molecule has 0 saturated heterocycles. The van der Waals surface area contributed by atoms with Gasteiger partial charge in [0.1, 0.15) is 11.3 Å². The van der Waals surface area contributed by atoms with Crippen LogP contribution in [0.5, 0.6) is 0 Å². The zero-order valence-electron chi connectivity index (χ0n) is 19.6. The average Bonchev–Trinajstić information content (AvgIpc) is 2.81. The number of nitrogens with zero attached hydrogens (tertiary/aromatic N) is 1. The van der Waals surface area contributed by atoms with Gasteiger partial charge in [0.2, 0.25) is 5.60 Å². The maximum atomic E-state index is 13.5. The number of hydroxylamine groups is 2. The van der Waals surface area contributed by atoms with Gasteiger partial charge in [-0.3, -0.25) is 9.59 Å². The summed E-state index contributed by atoms with van der Waals surface area (Å²) in [6, 6.07) is 5.63. The number of ether oxygens (including phenoxy) is 3. The maximum Gasteiger partial charge on any atom is 0.355 e. The minimum Gasteiger partial charge on any atom is -0.448 e. The van der Waals surface area contributed by atoms with E-state index < -0.39 is 35.3 Å². The van der Waals surface area contributed by atoms with Crippen molar-refractivity contribution in [3.8, 4) is 0 Å². The molecule has 0 saturated carbocycles. The molecule has 1 aliphatic heterocycles. The van der Waals surface area contributed by atoms with E-state index in [0.717, 1.165) is 16.2 Å². The van der Waals surface area contributed by atoms with E-state index in [0.29, 0.717) is 5.56 Å². The average molecular weight is 434 g/mol. The molecule has 1 heterocycles. The van der Waals surface area contributed by atoms with Gasteiger partial charge in [0, 0.05) is 14.0 Å². The number of benzene rings is 1. The van der Waals surface area contributed by atoms with Gasteiger partial charge in [0.15, 0.2) is 6.29 Å². The first-order chi connectivity index (χ1) is 14.2. The Morgan fingerprint density at radius 3 is 2.16 bits per heavy atom. The van der Waals surface area contributed by atoms with E-state index in [1.54, 1.807) is 20.8 Å². The van der Waals surface area contributed by atoms with Crippen molar-refractivity contribution in [1.29, 1.82) is 0 Å². The molecule has 1 aliphatic rings. The zero-order chi connectivity index (χ0) is 23.7. The van der Waals surface area contributed by atoms with Gasteiger partial charge >= 0.3 is 11.9 Å². The third kappa shape index (κ3) is 4.80. The number of esters is 2. The Balaban J connectivity index is 2.65. The summed E-state index contributed by atoms with van der Waals surface area (Å²) >= 11 is 0. The number of carbonyl (C=O) groups excluding carboxylic acids is 3. The molecule has 170 valence electrons. The summed E-state index contributed by atoms with van der Waals surface area (Å²) in [4.78, 5) is 43.6. The Morgan fingerprint density at radius 1 is 1.13 bits per heavy atom. The molecule has 1 aromatic rings. The van der Waals surface area contributed by atoms with E-state index in [4.69, 9.17) is 19.0 Å². The minimum atomic E-state index is -1.54. The lowest BCUT2D eigenvalue weighted by Crippen LogP contribution is -2.47. The highest BCUT2D eigenvalue weighted by Crippen LogP contribution is 2.43. The SMILES string of the molecule is COC(C)ON1C(=O)C(c2c(C)cccc2C)=C(OC(=O)C(C)(C)OC(C)=O)C1(C)C. The smallest absolute Gasteiger partial charge is 0.355 e. The van der Waals surface area contributed by atoms with Crippen molar-refractivity contribution in [3.05, 3.63) is 40.6 Å². The fourth-order valence-electron chi connectivity index (χ4n) is 3.44. The molecule has 1 aromatic carbocycles. The number of hydrogen-bond donors (Lipinski definition) is 0. The molecule has 8 heteroatoms. The highest BCUT2D eigenvalue weighted by atomic mass is 16.8. The van der Waals surface area contributed by atoms with Crippen molar-refractivity contribution in [1.82, 2.24) is 5.06 Å². The Kier molecular flexibility index (Phi) is 6.97. The van der Waals surface area contributed by atoms with Crippen molar-refractivity contribution >= 4 is 23.4 Å². The molecule has 1 unspecified atom stereocenters. The molecular formula is C23H31NO7. The maximum absolute atomic E-state index is 13.5. The van der Waals surface area contributed by atoms with E-state index in [1.165, 1.54) is 27.9 Å². The molecule has 0 aliphatic carbocycles. The van der Waals surface area contributed by atoms with E-state index >= 15 is 0 Å². The lowest BCUT2D eigenvalue weighted by atomic mass is 9.93. The topological polar surface area (TPSA) is 91.4 Å². The fraction of sp³-hybridized carbons (Fsp3) is 0.522. The molecule has 0 fully saturated rings. The van der Waals surface area contributed by atoms with Gasteiger partial charge in [0.25, 0.3) is 5.91 Å². The van der Waals surface area contributed by atoms with Crippen LogP contribution in [0.4, 0.5) is 0 Å². The Morgan fingerprint density at radius 2 is 1.68 bits per heavy atom. The Labute approximate surface area is 183 Å². The van der Waals surface area contributed by atoms with Crippen LogP contribution in [0, 0.1) is 13.8 Å². The first-order valence-corrected chi connectivity index (χ1v) is 10.0. The lowest BCUT2D eigenvalue weighted by Gasteiger charge is -2.34. The second kappa shape index (κ2) is 8.80. The Hall–Kier alpha value is -2.71. The molecule has 0 spiro atoms. The van der Waals surface area contributed by atoms with E-state index in [-0.39, 0.29) is 11.3 Å². The zero-order valence-corrected chi connectivity index (χ0v) is 19.6. The van der Waals surface area contributed by atoms with Crippen molar-refractivity contribution < 1.29 is 33.4 Å². The van der Waals surface area contributed by atoms with Crippen molar-refractivity contribution in [2.24, 2.45) is 0 Å². The summed E-state index contributed by atoms with van der Waals surface area (Å²) in [5.41, 5.74) is -0.128. The fourth-order valence-corrected chi connectivity index (χ4v) is 3.44. The molecule has 1 atom stereocenters. The van der Waals surface area contributed by atoms with Crippen molar-refractivity contribution in [2.45, 2.75) is 72.8 Å². The van der Waals surface area contributed by atoms with Crippen molar-refractivity contribution in [3.63, 3.8) is 0 Å². The lowest BCUT2D eigenvalue weighted by molar-refractivity contribution is -0.276. The van der Waals surface area contributed by atoms with Crippen LogP contribution in [0.1, 0.15) is 58.2 Å². The Bertz CT molecular complexity index is 910. The largest absolute Gasteiger partial charge is 0.448 e. The molecule has 31 heavy (non-hydrogen) atoms. The molecule has 8 nitrogen and oxygen atoms in total. The number of aryl methyl sites for hydroxylation is 2. The third-order valence-electron chi connectivity index (χ3n) is 5.09. The van der Waals surface area contributed by atoms with Gasteiger partial charge in [-0.15, -0.1) is 0 Å². The van der Waals surface area contributed by atoms with Gasteiger partial charge in [0.05, 0.1) is 5.57 Å². The molecule has 0 aromatic heterocycles. The van der Waals surface area contributed by atoms with Crippen LogP contribution >= 0.6 is 0 Å². The molecule has 0 radical (unpaired) electrons. The summed E-state index contributed by atoms with van der Waals surface area (Å²) in [5.74, 6) is -1.77. The van der Waals surface area contributed by atoms with Crippen LogP contribution in [-0.4, -0.2) is 47.4 Å². The normalized spacial score (nSPS) is 17.1. The van der Waals surface area contributed by atoms with Crippen LogP contribution in [-0.2, 0) is 33.4 Å². The van der Waals surface area contributed by atoms with Crippen LogP contribution < -0.4 is 0 Å². The summed E-state index contributed by atoms with van der Waals surface area (Å²) in [6.45, 7) is 12.9. The summed E-state index contributed by atoms with van der Waals surface area (Å²) < 4.78 is 16.0. The van der Waals surface area contributed by atoms with E-state index in [9.17, 15) is 14.4 Å². The number of carbonyl (C=O) groups is 3. The molecule has 2 rings (SSSR count). The van der Waals surface area contributed by atoms with E-state index in [1.807, 2.05) is 32.0 Å². The molecule has 0 bridgehead atoms. The van der Waals surface area contributed by atoms with Crippen LogP contribution in [0.25, 0.3) is 5.57 Å². The van der Waals surface area contributed by atoms with Crippen LogP contribution in [0.15, 0.2) is 24.0 Å². The van der Waals surface area contributed by atoms with Gasteiger partial charge in [-0.2, -0.15) is 0 Å². The predicted molar refractivity (Wildman–Crippen MR) is 113 cm³/mol. The van der Waals surface area contributed by atoms with Gasteiger partial charge < -0.3 is 14.2 Å². The standard InChI is InChI=1S/C23H31NO7/c1-13-11-10-12-14(2)17(13)18-19(29-21(27)23(7,8)30-15(3)25)22(5,6)24(20(18)26)31-16(4)28-9/h10-12,16H,1-9H3. The van der Waals surface area contributed by atoms with Crippen LogP contribution in [0.3, 0.4) is 0 Å². The molecular weight excluding hydrogens is 402 g/mol. The monoisotopic (exact) mass is 433 g/mol. The van der Waals surface area contributed by atoms with Gasteiger partial charge in [-0.1, -0.05) is 18.2 Å². The number of methoxy groups -OCH3 is 1. The highest BCUT2D eigenvalue weighted by Gasteiger charge is 2.52. The van der Waals surface area contributed by atoms with Gasteiger partial charge in [-0.05, 0) is 65.2 Å². The number of amides is 1. The summed E-state index contributed by atoms with van der Waals surface area (Å²) in [6.07, 6.45) is -0.713. The number of hydrogen-bond acceptors (Lipinski definition) is 7. The molecule has 0 N–H and O–H groups in total. The first-order valence-electron chi connectivity index (χ1n) is 10.0. The second-order valence-corrected chi connectivity index (χ2v) is 8.53. The summed E-state index contributed by atoms with van der Waals surface area (Å²) in [7, 11) is 1.46.